The van der Waals surface area contributed by atoms with Gasteiger partial charge in [-0.05, 0) is 68.5 Å². The molecule has 2 fully saturated rings. The lowest BCUT2D eigenvalue weighted by molar-refractivity contribution is -0.137. The highest BCUT2D eigenvalue weighted by Gasteiger charge is 2.40. The molecule has 0 spiro atoms. The highest BCUT2D eigenvalue weighted by molar-refractivity contribution is 8.01. The lowest BCUT2D eigenvalue weighted by atomic mass is 9.95. The maximum atomic E-state index is 13.1. The second kappa shape index (κ2) is 13.4. The molecular formula is C25H35N7O6S. The fourth-order valence-corrected chi connectivity index (χ4v) is 5.50. The number of carbonyl (C=O) groups is 5. The van der Waals surface area contributed by atoms with Crippen molar-refractivity contribution < 1.29 is 24.0 Å². The lowest BCUT2D eigenvalue weighted by Gasteiger charge is -2.23. The van der Waals surface area contributed by atoms with Gasteiger partial charge in [-0.2, -0.15) is 0 Å². The molecule has 2 aliphatic rings. The number of ketones is 1. The van der Waals surface area contributed by atoms with Gasteiger partial charge in [0.2, 0.25) is 17.6 Å². The second-order valence-electron chi connectivity index (χ2n) is 9.89. The fraction of sp³-hybridized carbons (Fsp3) is 0.520. The molecule has 14 heteroatoms. The molecule has 2 aliphatic carbocycles. The Labute approximate surface area is 230 Å². The summed E-state index contributed by atoms with van der Waals surface area (Å²) in [6, 6.07) is 1.69. The number of amides is 4. The van der Waals surface area contributed by atoms with Crippen molar-refractivity contribution in [3.8, 4) is 0 Å². The molecule has 3 rings (SSSR count). The van der Waals surface area contributed by atoms with Crippen molar-refractivity contribution in [3.63, 3.8) is 0 Å². The largest absolute Gasteiger partial charge is 0.401 e. The van der Waals surface area contributed by atoms with Crippen LogP contribution in [0, 0.1) is 11.8 Å². The molecule has 1 aromatic rings. The molecule has 39 heavy (non-hydrogen) atoms. The molecule has 0 saturated heterocycles. The minimum absolute atomic E-state index is 0.0333. The summed E-state index contributed by atoms with van der Waals surface area (Å²) in [6.45, 7) is 1.24. The summed E-state index contributed by atoms with van der Waals surface area (Å²) < 4.78 is 1.19. The van der Waals surface area contributed by atoms with Crippen LogP contribution < -0.4 is 37.7 Å². The monoisotopic (exact) mass is 561 g/mol. The van der Waals surface area contributed by atoms with Crippen LogP contribution in [0.15, 0.2) is 33.7 Å². The zero-order valence-electron chi connectivity index (χ0n) is 22.0. The van der Waals surface area contributed by atoms with Crippen LogP contribution in [0.1, 0.15) is 45.4 Å². The van der Waals surface area contributed by atoms with Crippen LogP contribution in [0.3, 0.4) is 0 Å². The van der Waals surface area contributed by atoms with Gasteiger partial charge in [0.1, 0.15) is 23.2 Å². The number of Topliss-reactive ketones (excluding diaryl/α,β-unsaturated/α-hetero) is 1. The van der Waals surface area contributed by atoms with Crippen molar-refractivity contribution in [2.45, 2.75) is 64.1 Å². The number of fused-ring (bicyclic) bond motifs is 2. The van der Waals surface area contributed by atoms with Crippen molar-refractivity contribution in [2.75, 3.05) is 12.4 Å². The number of nitrogens with two attached hydrogens (primary N) is 2. The van der Waals surface area contributed by atoms with Crippen LogP contribution in [0.4, 0.5) is 5.69 Å². The maximum absolute atomic E-state index is 13.1. The highest BCUT2D eigenvalue weighted by Crippen LogP contribution is 2.44. The van der Waals surface area contributed by atoms with E-state index in [2.05, 4.69) is 21.3 Å². The van der Waals surface area contributed by atoms with Crippen LogP contribution in [0.2, 0.25) is 0 Å². The van der Waals surface area contributed by atoms with Gasteiger partial charge in [0, 0.05) is 31.4 Å². The van der Waals surface area contributed by atoms with Crippen molar-refractivity contribution in [1.29, 1.82) is 0 Å². The number of anilines is 1. The molecular weight excluding hydrogens is 526 g/mol. The summed E-state index contributed by atoms with van der Waals surface area (Å²) in [5.41, 5.74) is 5.07. The zero-order chi connectivity index (χ0) is 28.7. The van der Waals surface area contributed by atoms with Crippen molar-refractivity contribution in [2.24, 2.45) is 22.7 Å². The Hall–Kier alpha value is -3.65. The predicted octanol–water partition coefficient (Wildman–Crippen LogP) is -0.531. The van der Waals surface area contributed by atoms with Gasteiger partial charge in [-0.15, -0.1) is 0 Å². The summed E-state index contributed by atoms with van der Waals surface area (Å²) in [6.07, 6.45) is 5.26. The third-order valence-electron chi connectivity index (χ3n) is 7.12. The summed E-state index contributed by atoms with van der Waals surface area (Å²) in [7, 11) is 1.30. The number of aromatic nitrogens is 1. The van der Waals surface area contributed by atoms with Gasteiger partial charge >= 0.3 is 0 Å². The topological polar surface area (TPSA) is 208 Å². The number of hydrogen-bond acceptors (Lipinski definition) is 9. The number of nitrogens with one attached hydrogen (secondary N) is 4. The van der Waals surface area contributed by atoms with Crippen LogP contribution >= 0.6 is 11.9 Å². The van der Waals surface area contributed by atoms with Crippen LogP contribution in [0.5, 0.6) is 0 Å². The molecule has 0 aliphatic heterocycles. The normalized spacial score (nSPS) is 20.9. The molecule has 0 radical (unpaired) electrons. The summed E-state index contributed by atoms with van der Waals surface area (Å²) in [5.74, 6) is -2.32. The third-order valence-corrected chi connectivity index (χ3v) is 7.86. The van der Waals surface area contributed by atoms with Crippen LogP contribution in [-0.2, 0) is 30.5 Å². The smallest absolute Gasteiger partial charge is 0.287 e. The summed E-state index contributed by atoms with van der Waals surface area (Å²) in [4.78, 5) is 75.0. The Bertz CT molecular complexity index is 1230. The van der Waals surface area contributed by atoms with E-state index in [1.165, 1.54) is 43.3 Å². The Kier molecular flexibility index (Phi) is 10.3. The Morgan fingerprint density at radius 3 is 2.49 bits per heavy atom. The van der Waals surface area contributed by atoms with Gasteiger partial charge in [-0.3, -0.25) is 33.9 Å². The first-order chi connectivity index (χ1) is 18.5. The van der Waals surface area contributed by atoms with E-state index in [1.54, 1.807) is 0 Å². The van der Waals surface area contributed by atoms with E-state index >= 15 is 0 Å². The quantitative estimate of drug-likeness (QED) is 0.110. The molecule has 4 amide bonds. The molecule has 4 atom stereocenters. The van der Waals surface area contributed by atoms with Gasteiger partial charge in [-0.1, -0.05) is 6.42 Å². The number of likely N-dealkylation sites (N-methyl/N-ethyl adjacent to an activating group) is 1. The minimum atomic E-state index is -1.30. The minimum Gasteiger partial charge on any atom is -0.401 e. The number of rotatable bonds is 12. The van der Waals surface area contributed by atoms with E-state index in [9.17, 15) is 28.8 Å². The first-order valence-corrected chi connectivity index (χ1v) is 13.6. The average Bonchev–Trinajstić information content (AvgIpc) is 3.51. The number of allylic oxidation sites excluding steroid dienone is 1. The van der Waals surface area contributed by atoms with E-state index in [0.29, 0.717) is 23.8 Å². The van der Waals surface area contributed by atoms with Crippen molar-refractivity contribution >= 4 is 47.0 Å². The summed E-state index contributed by atoms with van der Waals surface area (Å²) in [5, 5.41) is 15.7. The van der Waals surface area contributed by atoms with Gasteiger partial charge < -0.3 is 31.6 Å². The Balaban J connectivity index is 1.70. The molecule has 4 unspecified atom stereocenters. The van der Waals surface area contributed by atoms with Crippen LogP contribution in [-0.4, -0.2) is 53.1 Å². The van der Waals surface area contributed by atoms with Crippen molar-refractivity contribution in [1.82, 2.24) is 20.5 Å². The number of pyridine rings is 1. The molecule has 2 bridgehead atoms. The van der Waals surface area contributed by atoms with Gasteiger partial charge in [0.15, 0.2) is 0 Å². The summed E-state index contributed by atoms with van der Waals surface area (Å²) >= 11 is 0.590. The number of carbonyl (C=O) groups excluding carboxylic acids is 5. The molecule has 13 nitrogen and oxygen atoms in total. The fourth-order valence-electron chi connectivity index (χ4n) is 5.15. The third kappa shape index (κ3) is 7.69. The lowest BCUT2D eigenvalue weighted by Crippen LogP contribution is -2.46. The molecule has 2 saturated carbocycles. The average molecular weight is 562 g/mol. The molecule has 8 N–H and O–H groups in total. The second-order valence-corrected chi connectivity index (χ2v) is 10.5. The van der Waals surface area contributed by atoms with E-state index in [1.807, 2.05) is 0 Å². The van der Waals surface area contributed by atoms with Gasteiger partial charge in [0.05, 0.1) is 0 Å². The highest BCUT2D eigenvalue weighted by atomic mass is 32.2. The van der Waals surface area contributed by atoms with E-state index in [0.717, 1.165) is 19.3 Å². The van der Waals surface area contributed by atoms with Crippen molar-refractivity contribution in [3.05, 3.63) is 39.3 Å². The number of nitrogens with zero attached hydrogens (tertiary/aromatic N) is 1. The zero-order valence-corrected chi connectivity index (χ0v) is 22.8. The molecule has 1 heterocycles. The SMILES string of the molecule is CNC(=O)C(=O)CCC(NC(=O)/C(SN)=C(\C)N)C(=O)Nc1cccn(CC(=O)NC2CC3CCC2C3)c1=O. The number of hydrogen-bond donors (Lipinski definition) is 6. The van der Waals surface area contributed by atoms with Crippen LogP contribution in [0.25, 0.3) is 0 Å². The molecule has 1 aromatic heterocycles. The van der Waals surface area contributed by atoms with Gasteiger partial charge in [-0.25, -0.2) is 0 Å². The first kappa shape index (κ1) is 29.9. The van der Waals surface area contributed by atoms with E-state index < -0.39 is 35.1 Å². The first-order valence-electron chi connectivity index (χ1n) is 12.7. The predicted molar refractivity (Wildman–Crippen MR) is 146 cm³/mol. The van der Waals surface area contributed by atoms with Gasteiger partial charge in [0.25, 0.3) is 17.4 Å². The maximum Gasteiger partial charge on any atom is 0.287 e. The standard InChI is InChI=1S/C25H35N7O6S/c1-13(26)21(39-27)24(37)30-16(7-8-19(33)23(36)28-2)22(35)31-17-4-3-9-32(25(17)38)12-20(34)29-18-11-14-5-6-15(18)10-14/h3-4,9,14-16,18H,5-8,10-12,26-27H2,1-2H3,(H,28,36)(H,29,34)(H,30,37)(H,31,35)/b21-13-. The Morgan fingerprint density at radius 2 is 1.90 bits per heavy atom. The molecule has 0 aromatic carbocycles. The Morgan fingerprint density at radius 1 is 1.15 bits per heavy atom. The van der Waals surface area contributed by atoms with E-state index in [-0.39, 0.29) is 47.6 Å². The van der Waals surface area contributed by atoms with E-state index in [4.69, 9.17) is 10.9 Å². The molecule has 212 valence electrons.